The largest absolute Gasteiger partial charge is 0.392 e. The lowest BCUT2D eigenvalue weighted by Gasteiger charge is -2.34. The molecule has 2 fully saturated rings. The number of fused-ring (bicyclic) bond motifs is 2. The van der Waals surface area contributed by atoms with Crippen LogP contribution in [0.4, 0.5) is 0 Å². The van der Waals surface area contributed by atoms with Crippen molar-refractivity contribution in [3.8, 4) is 0 Å². The molecule has 0 aromatic rings. The van der Waals surface area contributed by atoms with Crippen LogP contribution in [0.1, 0.15) is 40.5 Å². The first-order valence-electron chi connectivity index (χ1n) is 9.17. The molecule has 5 nitrogen and oxygen atoms in total. The quantitative estimate of drug-likeness (QED) is 0.533. The topological polar surface area (TPSA) is 98.0 Å². The van der Waals surface area contributed by atoms with Gasteiger partial charge in [0, 0.05) is 0 Å². The van der Waals surface area contributed by atoms with Crippen molar-refractivity contribution < 1.29 is 25.2 Å². The Morgan fingerprint density at radius 3 is 2.52 bits per heavy atom. The van der Waals surface area contributed by atoms with Gasteiger partial charge in [-0.05, 0) is 54.1 Å². The van der Waals surface area contributed by atoms with Crippen molar-refractivity contribution in [2.75, 3.05) is 6.61 Å². The van der Waals surface area contributed by atoms with Crippen LogP contribution >= 0.6 is 0 Å². The molecule has 0 amide bonds. The number of Topliss-reactive ketones (excluding diaryl/α,β-unsaturated/α-hetero) is 1. The van der Waals surface area contributed by atoms with Gasteiger partial charge in [0.2, 0.25) is 0 Å². The summed E-state index contributed by atoms with van der Waals surface area (Å²) in [5, 5.41) is 42.3. The maximum Gasteiger partial charge on any atom is 0.190 e. The van der Waals surface area contributed by atoms with E-state index >= 15 is 0 Å². The van der Waals surface area contributed by atoms with Crippen LogP contribution in [0.25, 0.3) is 0 Å². The predicted molar refractivity (Wildman–Crippen MR) is 93.5 cm³/mol. The van der Waals surface area contributed by atoms with Crippen LogP contribution in [0.3, 0.4) is 0 Å². The van der Waals surface area contributed by atoms with E-state index in [4.69, 9.17) is 0 Å². The number of hydrogen-bond acceptors (Lipinski definition) is 5. The maximum atomic E-state index is 13.1. The van der Waals surface area contributed by atoms with Crippen LogP contribution in [-0.4, -0.2) is 50.6 Å². The van der Waals surface area contributed by atoms with Crippen LogP contribution in [-0.2, 0) is 4.79 Å². The zero-order valence-corrected chi connectivity index (χ0v) is 15.4. The van der Waals surface area contributed by atoms with Gasteiger partial charge in [0.05, 0.1) is 24.7 Å². The highest BCUT2D eigenvalue weighted by atomic mass is 16.3. The molecule has 0 saturated heterocycles. The first-order chi connectivity index (χ1) is 11.6. The number of aliphatic hydroxyl groups is 4. The van der Waals surface area contributed by atoms with Gasteiger partial charge in [-0.1, -0.05) is 32.9 Å². The van der Waals surface area contributed by atoms with Crippen LogP contribution in [0.5, 0.6) is 0 Å². The molecule has 2 saturated carbocycles. The van der Waals surface area contributed by atoms with Crippen molar-refractivity contribution in [2.24, 2.45) is 29.1 Å². The van der Waals surface area contributed by atoms with Gasteiger partial charge in [0.25, 0.3) is 0 Å². The van der Waals surface area contributed by atoms with E-state index in [0.29, 0.717) is 23.5 Å². The Kier molecular flexibility index (Phi) is 4.52. The fourth-order valence-corrected chi connectivity index (χ4v) is 5.12. The highest BCUT2D eigenvalue weighted by molar-refractivity contribution is 6.02. The summed E-state index contributed by atoms with van der Waals surface area (Å²) in [5.41, 5.74) is -0.890. The van der Waals surface area contributed by atoms with E-state index in [0.717, 1.165) is 0 Å². The van der Waals surface area contributed by atoms with E-state index < -0.39 is 29.5 Å². The van der Waals surface area contributed by atoms with Gasteiger partial charge >= 0.3 is 0 Å². The Labute approximate surface area is 149 Å². The van der Waals surface area contributed by atoms with Gasteiger partial charge in [0.15, 0.2) is 5.78 Å². The fraction of sp³-hybridized carbons (Fsp3) is 0.750. The average Bonchev–Trinajstić information content (AvgIpc) is 2.94. The zero-order valence-electron chi connectivity index (χ0n) is 15.4. The lowest BCUT2D eigenvalue weighted by molar-refractivity contribution is -0.144. The minimum absolute atomic E-state index is 0.0489. The van der Waals surface area contributed by atoms with E-state index in [1.54, 1.807) is 13.8 Å². The third-order valence-electron chi connectivity index (χ3n) is 6.99. The molecule has 0 spiro atoms. The Hall–Kier alpha value is -1.01. The summed E-state index contributed by atoms with van der Waals surface area (Å²) < 4.78 is 0. The molecule has 0 aromatic carbocycles. The monoisotopic (exact) mass is 350 g/mol. The second-order valence-corrected chi connectivity index (χ2v) is 8.87. The average molecular weight is 350 g/mol. The molecule has 0 aromatic heterocycles. The molecular formula is C20H30O5. The van der Waals surface area contributed by atoms with Crippen LogP contribution in [0.15, 0.2) is 23.3 Å². The van der Waals surface area contributed by atoms with Gasteiger partial charge in [-0.3, -0.25) is 4.79 Å². The molecule has 5 heteroatoms. The van der Waals surface area contributed by atoms with E-state index in [1.165, 1.54) is 0 Å². The smallest absolute Gasteiger partial charge is 0.190 e. The second-order valence-electron chi connectivity index (χ2n) is 8.87. The first kappa shape index (κ1) is 18.8. The van der Waals surface area contributed by atoms with Crippen molar-refractivity contribution >= 4 is 5.78 Å². The minimum Gasteiger partial charge on any atom is -0.392 e. The van der Waals surface area contributed by atoms with Gasteiger partial charge in [-0.2, -0.15) is 0 Å². The SMILES string of the molecule is C/C1=C\[C@@H]2[C@H](C/C=C(/CO)[C@H](O)[C@H]3[C@@H](O)[C@@H](C)C[C@]3(O)C1=O)C2(C)C. The highest BCUT2D eigenvalue weighted by Gasteiger charge is 2.60. The van der Waals surface area contributed by atoms with Crippen LogP contribution in [0.2, 0.25) is 0 Å². The van der Waals surface area contributed by atoms with Crippen molar-refractivity contribution in [1.29, 1.82) is 0 Å². The van der Waals surface area contributed by atoms with Crippen molar-refractivity contribution in [1.82, 2.24) is 0 Å². The normalized spacial score (nSPS) is 50.6. The summed E-state index contributed by atoms with van der Waals surface area (Å²) >= 11 is 0. The fourth-order valence-electron chi connectivity index (χ4n) is 5.12. The molecule has 3 aliphatic carbocycles. The van der Waals surface area contributed by atoms with E-state index in [2.05, 4.69) is 13.8 Å². The Bertz CT molecular complexity index is 634. The Morgan fingerprint density at radius 1 is 1.28 bits per heavy atom. The molecular weight excluding hydrogens is 320 g/mol. The van der Waals surface area contributed by atoms with Crippen molar-refractivity contribution in [3.63, 3.8) is 0 Å². The number of rotatable bonds is 1. The maximum absolute atomic E-state index is 13.1. The zero-order chi connectivity index (χ0) is 18.7. The van der Waals surface area contributed by atoms with E-state index in [-0.39, 0.29) is 30.3 Å². The molecule has 4 N–H and O–H groups in total. The molecule has 0 unspecified atom stereocenters. The third-order valence-corrected chi connectivity index (χ3v) is 6.99. The van der Waals surface area contributed by atoms with Crippen LogP contribution < -0.4 is 0 Å². The van der Waals surface area contributed by atoms with Crippen LogP contribution in [0, 0.1) is 29.1 Å². The van der Waals surface area contributed by atoms with E-state index in [1.807, 2.05) is 12.2 Å². The standard InChI is InChI=1S/C20H30O5/c1-10-7-14-13(19(14,3)4)6-5-12(9-21)17(23)15-16(22)11(2)8-20(15,25)18(10)24/h5,7,11,13-17,21-23,25H,6,8-9H2,1-4H3/b10-7+,12-5-/t11-,13-,14+,15+,16-,17-,20+/m0/s1. The van der Waals surface area contributed by atoms with Gasteiger partial charge in [0.1, 0.15) is 5.60 Å². The molecule has 0 heterocycles. The van der Waals surface area contributed by atoms with Gasteiger partial charge in [-0.25, -0.2) is 0 Å². The number of carbonyl (C=O) groups excluding carboxylic acids is 1. The summed E-state index contributed by atoms with van der Waals surface area (Å²) in [5.74, 6) is -1.19. The molecule has 0 radical (unpaired) electrons. The number of hydrogen-bond donors (Lipinski definition) is 4. The van der Waals surface area contributed by atoms with Crippen molar-refractivity contribution in [3.05, 3.63) is 23.3 Å². The summed E-state index contributed by atoms with van der Waals surface area (Å²) in [4.78, 5) is 13.1. The number of aliphatic hydroxyl groups excluding tert-OH is 3. The first-order valence-corrected chi connectivity index (χ1v) is 9.17. The molecule has 0 bridgehead atoms. The Morgan fingerprint density at radius 2 is 1.92 bits per heavy atom. The predicted octanol–water partition coefficient (Wildman–Crippen LogP) is 1.21. The molecule has 3 aliphatic rings. The summed E-state index contributed by atoms with van der Waals surface area (Å²) in [6.45, 7) is 7.41. The number of ketones is 1. The molecule has 25 heavy (non-hydrogen) atoms. The molecule has 7 atom stereocenters. The number of carbonyl (C=O) groups is 1. The molecule has 3 rings (SSSR count). The molecule has 140 valence electrons. The minimum atomic E-state index is -1.81. The summed E-state index contributed by atoms with van der Waals surface area (Å²) in [6, 6.07) is 0. The van der Waals surface area contributed by atoms with Gasteiger partial charge in [-0.15, -0.1) is 0 Å². The third kappa shape index (κ3) is 2.72. The summed E-state index contributed by atoms with van der Waals surface area (Å²) in [6.07, 6.45) is 2.33. The number of allylic oxidation sites excluding steroid dienone is 2. The van der Waals surface area contributed by atoms with E-state index in [9.17, 15) is 25.2 Å². The van der Waals surface area contributed by atoms with Gasteiger partial charge < -0.3 is 20.4 Å². The second kappa shape index (κ2) is 6.02. The highest BCUT2D eigenvalue weighted by Crippen LogP contribution is 2.61. The lowest BCUT2D eigenvalue weighted by atomic mass is 9.77. The molecule has 0 aliphatic heterocycles. The Balaban J connectivity index is 2.10. The summed E-state index contributed by atoms with van der Waals surface area (Å²) in [7, 11) is 0. The van der Waals surface area contributed by atoms with Crippen molar-refractivity contribution in [2.45, 2.75) is 58.3 Å². The lowest BCUT2D eigenvalue weighted by Crippen LogP contribution is -2.51.